The van der Waals surface area contributed by atoms with E-state index in [1.165, 1.54) is 33.9 Å². The van der Waals surface area contributed by atoms with Crippen LogP contribution < -0.4 is 5.56 Å². The van der Waals surface area contributed by atoms with Crippen molar-refractivity contribution < 1.29 is 13.2 Å². The summed E-state index contributed by atoms with van der Waals surface area (Å²) in [6, 6.07) is 4.68. The van der Waals surface area contributed by atoms with Crippen LogP contribution in [0.15, 0.2) is 41.6 Å². The van der Waals surface area contributed by atoms with Gasteiger partial charge in [-0.2, -0.15) is 18.3 Å². The number of fused-ring (bicyclic) bond motifs is 1. The highest BCUT2D eigenvalue weighted by atomic mass is 19.4. The average molecular weight is 418 g/mol. The van der Waals surface area contributed by atoms with Crippen molar-refractivity contribution >= 4 is 11.0 Å². The quantitative estimate of drug-likeness (QED) is 0.477. The van der Waals surface area contributed by atoms with E-state index in [2.05, 4.69) is 32.5 Å². The van der Waals surface area contributed by atoms with Crippen molar-refractivity contribution in [2.45, 2.75) is 39.0 Å². The fourth-order valence-electron chi connectivity index (χ4n) is 3.03. The normalized spacial score (nSPS) is 12.0. The van der Waals surface area contributed by atoms with Gasteiger partial charge in [-0.05, 0) is 35.0 Å². The molecule has 0 amide bonds. The maximum atomic E-state index is 13.0. The van der Waals surface area contributed by atoms with Gasteiger partial charge in [0.2, 0.25) is 0 Å². The molecule has 0 unspecified atom stereocenters. The third-order valence-electron chi connectivity index (χ3n) is 4.61. The lowest BCUT2D eigenvalue weighted by Gasteiger charge is -2.09. The maximum Gasteiger partial charge on any atom is 0.416 e. The van der Waals surface area contributed by atoms with Gasteiger partial charge in [-0.25, -0.2) is 14.3 Å². The third kappa shape index (κ3) is 3.67. The summed E-state index contributed by atoms with van der Waals surface area (Å²) in [5.41, 5.74) is -0.867. The topological polar surface area (TPSA) is 96.3 Å². The predicted molar refractivity (Wildman–Crippen MR) is 100.0 cm³/mol. The molecule has 0 aliphatic heterocycles. The van der Waals surface area contributed by atoms with Crippen molar-refractivity contribution in [2.24, 2.45) is 0 Å². The van der Waals surface area contributed by atoms with E-state index in [4.69, 9.17) is 0 Å². The SMILES string of the molecule is CCCCn1nnnc1Cn1cnc2c(cnn2-c2cccc(C(F)(F)F)c2)c1=O. The molecule has 9 nitrogen and oxygen atoms in total. The first-order valence-corrected chi connectivity index (χ1v) is 9.24. The zero-order valence-electron chi connectivity index (χ0n) is 15.9. The van der Waals surface area contributed by atoms with Gasteiger partial charge in [-0.1, -0.05) is 19.4 Å². The molecule has 0 spiro atoms. The van der Waals surface area contributed by atoms with Gasteiger partial charge in [0.25, 0.3) is 5.56 Å². The number of aryl methyl sites for hydroxylation is 1. The predicted octanol–water partition coefficient (Wildman–Crippen LogP) is 2.44. The number of rotatable bonds is 6. The van der Waals surface area contributed by atoms with Crippen LogP contribution in [0.2, 0.25) is 0 Å². The molecule has 0 N–H and O–H groups in total. The van der Waals surface area contributed by atoms with Gasteiger partial charge in [0.05, 0.1) is 24.0 Å². The zero-order valence-corrected chi connectivity index (χ0v) is 15.9. The number of unbranched alkanes of at least 4 members (excludes halogenated alkanes) is 1. The Bertz CT molecular complexity index is 1240. The number of nitrogens with zero attached hydrogens (tertiary/aromatic N) is 8. The summed E-state index contributed by atoms with van der Waals surface area (Å²) in [5, 5.41) is 15.8. The van der Waals surface area contributed by atoms with Gasteiger partial charge in [0, 0.05) is 6.54 Å². The molecule has 3 aromatic heterocycles. The summed E-state index contributed by atoms with van der Waals surface area (Å²) >= 11 is 0. The van der Waals surface area contributed by atoms with Crippen molar-refractivity contribution in [3.8, 4) is 5.69 Å². The second kappa shape index (κ2) is 7.69. The van der Waals surface area contributed by atoms with Gasteiger partial charge in [-0.3, -0.25) is 9.36 Å². The van der Waals surface area contributed by atoms with Crippen LogP contribution in [0.25, 0.3) is 16.7 Å². The molecule has 30 heavy (non-hydrogen) atoms. The fourth-order valence-corrected chi connectivity index (χ4v) is 3.03. The Morgan fingerprint density at radius 1 is 1.20 bits per heavy atom. The van der Waals surface area contributed by atoms with Crippen molar-refractivity contribution in [3.63, 3.8) is 0 Å². The molecule has 4 rings (SSSR count). The van der Waals surface area contributed by atoms with Gasteiger partial charge >= 0.3 is 6.18 Å². The standard InChI is InChI=1S/C18H17F3N8O/c1-2-3-7-28-15(24-25-26-28)10-27-11-22-16-14(17(27)30)9-23-29(16)13-6-4-5-12(8-13)18(19,20)21/h4-6,8-9,11H,2-3,7,10H2,1H3. The van der Waals surface area contributed by atoms with E-state index in [1.807, 2.05) is 0 Å². The van der Waals surface area contributed by atoms with Crippen LogP contribution in [0.5, 0.6) is 0 Å². The van der Waals surface area contributed by atoms with E-state index in [-0.39, 0.29) is 28.8 Å². The first-order valence-electron chi connectivity index (χ1n) is 9.24. The second-order valence-corrected chi connectivity index (χ2v) is 6.69. The molecule has 0 bridgehead atoms. The molecule has 156 valence electrons. The minimum atomic E-state index is -4.49. The highest BCUT2D eigenvalue weighted by molar-refractivity contribution is 5.75. The molecule has 0 aliphatic carbocycles. The van der Waals surface area contributed by atoms with Crippen molar-refractivity contribution in [1.82, 2.24) is 39.5 Å². The number of tetrazole rings is 1. The van der Waals surface area contributed by atoms with E-state index < -0.39 is 11.7 Å². The number of aromatic nitrogens is 8. The summed E-state index contributed by atoms with van der Waals surface area (Å²) in [7, 11) is 0. The molecule has 0 atom stereocenters. The Morgan fingerprint density at radius 2 is 2.03 bits per heavy atom. The molecule has 0 saturated heterocycles. The molecule has 3 heterocycles. The number of benzene rings is 1. The van der Waals surface area contributed by atoms with Gasteiger partial charge < -0.3 is 0 Å². The van der Waals surface area contributed by atoms with Crippen LogP contribution in [0.1, 0.15) is 31.2 Å². The van der Waals surface area contributed by atoms with E-state index >= 15 is 0 Å². The Hall–Kier alpha value is -3.57. The highest BCUT2D eigenvalue weighted by Gasteiger charge is 2.30. The molecule has 1 aromatic carbocycles. The number of alkyl halides is 3. The van der Waals surface area contributed by atoms with E-state index in [0.717, 1.165) is 25.0 Å². The van der Waals surface area contributed by atoms with Gasteiger partial charge in [-0.15, -0.1) is 5.10 Å². The smallest absolute Gasteiger partial charge is 0.291 e. The van der Waals surface area contributed by atoms with Gasteiger partial charge in [0.1, 0.15) is 11.7 Å². The monoisotopic (exact) mass is 418 g/mol. The van der Waals surface area contributed by atoms with Crippen molar-refractivity contribution in [2.75, 3.05) is 0 Å². The molecule has 0 aliphatic rings. The fraction of sp³-hybridized carbons (Fsp3) is 0.333. The Balaban J connectivity index is 1.70. The summed E-state index contributed by atoms with van der Waals surface area (Å²) in [6.07, 6.45) is -0.00682. The molecular weight excluding hydrogens is 401 g/mol. The Labute approximate surface area is 167 Å². The summed E-state index contributed by atoms with van der Waals surface area (Å²) < 4.78 is 43.2. The van der Waals surface area contributed by atoms with Crippen LogP contribution >= 0.6 is 0 Å². The number of halogens is 3. The minimum Gasteiger partial charge on any atom is -0.291 e. The van der Waals surface area contributed by atoms with E-state index in [1.54, 1.807) is 4.68 Å². The van der Waals surface area contributed by atoms with E-state index in [9.17, 15) is 18.0 Å². The minimum absolute atomic E-state index is 0.118. The third-order valence-corrected chi connectivity index (χ3v) is 4.61. The molecule has 0 fully saturated rings. The van der Waals surface area contributed by atoms with E-state index in [0.29, 0.717) is 12.4 Å². The average Bonchev–Trinajstić information content (AvgIpc) is 3.35. The van der Waals surface area contributed by atoms with Crippen LogP contribution in [0.4, 0.5) is 13.2 Å². The van der Waals surface area contributed by atoms with Crippen molar-refractivity contribution in [3.05, 3.63) is 58.5 Å². The summed E-state index contributed by atoms with van der Waals surface area (Å²) in [5.74, 6) is 0.511. The molecular formula is C18H17F3N8O. The number of hydrogen-bond donors (Lipinski definition) is 0. The lowest BCUT2D eigenvalue weighted by Crippen LogP contribution is -2.23. The van der Waals surface area contributed by atoms with Crippen LogP contribution in [-0.2, 0) is 19.3 Å². The first kappa shape index (κ1) is 19.7. The molecule has 12 heteroatoms. The lowest BCUT2D eigenvalue weighted by molar-refractivity contribution is -0.137. The first-order chi connectivity index (χ1) is 14.4. The van der Waals surface area contributed by atoms with Gasteiger partial charge in [0.15, 0.2) is 11.5 Å². The second-order valence-electron chi connectivity index (χ2n) is 6.69. The van der Waals surface area contributed by atoms with Crippen LogP contribution in [0, 0.1) is 0 Å². The molecule has 0 radical (unpaired) electrons. The van der Waals surface area contributed by atoms with Crippen molar-refractivity contribution in [1.29, 1.82) is 0 Å². The largest absolute Gasteiger partial charge is 0.416 e. The Kier molecular flexibility index (Phi) is 5.06. The molecule has 4 aromatic rings. The lowest BCUT2D eigenvalue weighted by atomic mass is 10.2. The molecule has 0 saturated carbocycles. The number of hydrogen-bond acceptors (Lipinski definition) is 6. The highest BCUT2D eigenvalue weighted by Crippen LogP contribution is 2.30. The summed E-state index contributed by atoms with van der Waals surface area (Å²) in [6.45, 7) is 2.80. The van der Waals surface area contributed by atoms with Crippen LogP contribution in [0.3, 0.4) is 0 Å². The van der Waals surface area contributed by atoms with Crippen LogP contribution in [-0.4, -0.2) is 39.5 Å². The Morgan fingerprint density at radius 3 is 2.80 bits per heavy atom. The maximum absolute atomic E-state index is 13.0. The zero-order chi connectivity index (χ0) is 21.3. The summed E-state index contributed by atoms with van der Waals surface area (Å²) in [4.78, 5) is 17.1.